The lowest BCUT2D eigenvalue weighted by Crippen LogP contribution is -2.03. The number of carbonyl (C=O) groups excluding carboxylic acids is 2. The van der Waals surface area contributed by atoms with E-state index in [0.717, 1.165) is 4.90 Å². The lowest BCUT2D eigenvalue weighted by molar-refractivity contribution is -0.385. The maximum atomic E-state index is 12.4. The number of rotatable bonds is 10. The van der Waals surface area contributed by atoms with E-state index >= 15 is 0 Å². The Morgan fingerprint density at radius 3 is 1.64 bits per heavy atom. The third-order valence-corrected chi connectivity index (χ3v) is 6.92. The molecule has 0 unspecified atom stereocenters. The lowest BCUT2D eigenvalue weighted by Gasteiger charge is -2.07. The predicted octanol–water partition coefficient (Wildman–Crippen LogP) is 6.11. The second-order valence-corrected chi connectivity index (χ2v) is 9.10. The first-order valence-electron chi connectivity index (χ1n) is 9.35. The molecule has 0 bridgehead atoms. The number of thioether (sulfide) groups is 2. The summed E-state index contributed by atoms with van der Waals surface area (Å²) in [6, 6.07) is 16.0. The van der Waals surface area contributed by atoms with Crippen LogP contribution in [-0.4, -0.2) is 32.9 Å². The van der Waals surface area contributed by atoms with E-state index in [1.54, 1.807) is 18.2 Å². The highest BCUT2D eigenvalue weighted by atomic mass is 35.5. The first-order chi connectivity index (χ1) is 15.7. The molecule has 0 aromatic heterocycles. The van der Waals surface area contributed by atoms with Crippen molar-refractivity contribution >= 4 is 58.1 Å². The van der Waals surface area contributed by atoms with Gasteiger partial charge < -0.3 is 0 Å². The molecule has 3 aromatic carbocycles. The van der Waals surface area contributed by atoms with Gasteiger partial charge in [-0.05, 0) is 42.5 Å². The van der Waals surface area contributed by atoms with Gasteiger partial charge in [-0.15, -0.1) is 23.5 Å². The van der Waals surface area contributed by atoms with Crippen LogP contribution in [0.3, 0.4) is 0 Å². The molecule has 0 spiro atoms. The van der Waals surface area contributed by atoms with Crippen LogP contribution in [0.15, 0.2) is 76.5 Å². The van der Waals surface area contributed by atoms with Crippen LogP contribution in [0.1, 0.15) is 20.7 Å². The van der Waals surface area contributed by atoms with E-state index in [4.69, 9.17) is 11.6 Å². The molecule has 3 aromatic rings. The molecule has 0 fully saturated rings. The molecule has 0 saturated heterocycles. The maximum Gasteiger partial charge on any atom is 0.269 e. The van der Waals surface area contributed by atoms with Gasteiger partial charge in [0.25, 0.3) is 11.4 Å². The molecular formula is C22H15ClN2O6S2. The summed E-state index contributed by atoms with van der Waals surface area (Å²) in [6.07, 6.45) is 0. The van der Waals surface area contributed by atoms with Gasteiger partial charge in [-0.1, -0.05) is 11.6 Å². The second-order valence-electron chi connectivity index (χ2n) is 6.62. The van der Waals surface area contributed by atoms with Gasteiger partial charge in [0.1, 0.15) is 0 Å². The molecule has 8 nitrogen and oxygen atoms in total. The molecule has 3 rings (SSSR count). The Bertz CT molecular complexity index is 1220. The van der Waals surface area contributed by atoms with Crippen LogP contribution in [0, 0.1) is 20.2 Å². The highest BCUT2D eigenvalue weighted by Crippen LogP contribution is 2.32. The number of ketones is 2. The van der Waals surface area contributed by atoms with E-state index in [-0.39, 0.29) is 34.4 Å². The summed E-state index contributed by atoms with van der Waals surface area (Å²) in [6.45, 7) is 0. The Morgan fingerprint density at radius 1 is 0.727 bits per heavy atom. The molecule has 0 amide bonds. The first-order valence-corrected chi connectivity index (χ1v) is 11.7. The molecule has 0 saturated carbocycles. The average molecular weight is 503 g/mol. The smallest absolute Gasteiger partial charge is 0.269 e. The van der Waals surface area contributed by atoms with Crippen molar-refractivity contribution < 1.29 is 19.4 Å². The molecule has 0 radical (unpaired) electrons. The minimum absolute atomic E-state index is 0.0816. The number of nitrogens with zero attached hydrogens (tertiary/aromatic N) is 2. The van der Waals surface area contributed by atoms with Crippen LogP contribution in [-0.2, 0) is 0 Å². The monoisotopic (exact) mass is 502 g/mol. The van der Waals surface area contributed by atoms with Crippen molar-refractivity contribution in [2.45, 2.75) is 9.79 Å². The van der Waals surface area contributed by atoms with Gasteiger partial charge >= 0.3 is 0 Å². The Hall–Kier alpha value is -3.21. The lowest BCUT2D eigenvalue weighted by atomic mass is 10.1. The maximum absolute atomic E-state index is 12.4. The van der Waals surface area contributed by atoms with Crippen molar-refractivity contribution in [3.63, 3.8) is 0 Å². The predicted molar refractivity (Wildman–Crippen MR) is 128 cm³/mol. The fourth-order valence-corrected chi connectivity index (χ4v) is 4.74. The number of nitro benzene ring substituents is 2. The van der Waals surface area contributed by atoms with Crippen LogP contribution >= 0.6 is 35.1 Å². The molecule has 11 heteroatoms. The fraction of sp³-hybridized carbons (Fsp3) is 0.0909. The van der Waals surface area contributed by atoms with Crippen LogP contribution < -0.4 is 0 Å². The molecule has 0 aliphatic carbocycles. The summed E-state index contributed by atoms with van der Waals surface area (Å²) in [5.41, 5.74) is 0.575. The number of benzene rings is 3. The van der Waals surface area contributed by atoms with E-state index in [2.05, 4.69) is 0 Å². The molecule has 0 heterocycles. The average Bonchev–Trinajstić information content (AvgIpc) is 2.82. The van der Waals surface area contributed by atoms with E-state index in [1.165, 1.54) is 72.1 Å². The molecule has 33 heavy (non-hydrogen) atoms. The highest BCUT2D eigenvalue weighted by molar-refractivity contribution is 8.00. The molecule has 0 aliphatic rings. The molecule has 0 aliphatic heterocycles. The topological polar surface area (TPSA) is 120 Å². The summed E-state index contributed by atoms with van der Waals surface area (Å²) < 4.78 is 0. The second kappa shape index (κ2) is 11.1. The van der Waals surface area contributed by atoms with Crippen molar-refractivity contribution in [2.75, 3.05) is 11.5 Å². The number of hydrogen-bond acceptors (Lipinski definition) is 8. The Balaban J connectivity index is 1.59. The van der Waals surface area contributed by atoms with Crippen molar-refractivity contribution in [3.8, 4) is 0 Å². The van der Waals surface area contributed by atoms with Gasteiger partial charge in [0, 0.05) is 45.2 Å². The van der Waals surface area contributed by atoms with Crippen molar-refractivity contribution in [2.24, 2.45) is 0 Å². The van der Waals surface area contributed by atoms with Gasteiger partial charge in [0.2, 0.25) is 0 Å². The Morgan fingerprint density at radius 2 is 1.18 bits per heavy atom. The number of carbonyl (C=O) groups is 2. The van der Waals surface area contributed by atoms with Crippen molar-refractivity contribution in [1.82, 2.24) is 0 Å². The highest BCUT2D eigenvalue weighted by Gasteiger charge is 2.13. The third kappa shape index (κ3) is 6.64. The first kappa shape index (κ1) is 24.4. The van der Waals surface area contributed by atoms with Gasteiger partial charge in [-0.2, -0.15) is 0 Å². The standard InChI is InChI=1S/C22H15ClN2O6S2/c23-19-10-9-18(32-12-20(26)14-1-5-16(6-2-14)24(28)29)11-22(19)33-13-21(27)15-3-7-17(8-4-15)25(30)31/h1-11H,12-13H2. The quantitative estimate of drug-likeness (QED) is 0.141. The molecule has 0 atom stereocenters. The number of nitro groups is 2. The Kier molecular flexibility index (Phi) is 8.21. The van der Waals surface area contributed by atoms with E-state index in [0.29, 0.717) is 21.0 Å². The Labute approximate surface area is 201 Å². The van der Waals surface area contributed by atoms with Crippen molar-refractivity contribution in [3.05, 3.63) is 103 Å². The number of halogens is 1. The summed E-state index contributed by atoms with van der Waals surface area (Å²) in [5, 5.41) is 21.9. The van der Waals surface area contributed by atoms with Crippen LogP contribution in [0.25, 0.3) is 0 Å². The summed E-state index contributed by atoms with van der Waals surface area (Å²) in [5.74, 6) is -0.150. The fourth-order valence-electron chi connectivity index (χ4n) is 2.68. The molecule has 168 valence electrons. The molecule has 0 N–H and O–H groups in total. The summed E-state index contributed by atoms with van der Waals surface area (Å²) in [4.78, 5) is 46.6. The van der Waals surface area contributed by atoms with Crippen molar-refractivity contribution in [1.29, 1.82) is 0 Å². The number of Topliss-reactive ketones (excluding diaryl/α,β-unsaturated/α-hetero) is 2. The van der Waals surface area contributed by atoms with Gasteiger partial charge in [0.15, 0.2) is 11.6 Å². The zero-order chi connectivity index (χ0) is 24.0. The molecular weight excluding hydrogens is 488 g/mol. The zero-order valence-electron chi connectivity index (χ0n) is 16.8. The van der Waals surface area contributed by atoms with E-state index < -0.39 is 9.85 Å². The summed E-state index contributed by atoms with van der Waals surface area (Å²) in [7, 11) is 0. The largest absolute Gasteiger partial charge is 0.293 e. The minimum Gasteiger partial charge on any atom is -0.293 e. The third-order valence-electron chi connectivity index (χ3n) is 4.43. The minimum atomic E-state index is -0.529. The van der Waals surface area contributed by atoms with E-state index in [9.17, 15) is 29.8 Å². The normalized spacial score (nSPS) is 10.6. The number of hydrogen-bond donors (Lipinski definition) is 0. The number of non-ortho nitro benzene ring substituents is 2. The van der Waals surface area contributed by atoms with Crippen LogP contribution in [0.4, 0.5) is 11.4 Å². The van der Waals surface area contributed by atoms with Crippen LogP contribution in [0.5, 0.6) is 0 Å². The van der Waals surface area contributed by atoms with Gasteiger partial charge in [-0.25, -0.2) is 0 Å². The van der Waals surface area contributed by atoms with E-state index in [1.807, 2.05) is 0 Å². The summed E-state index contributed by atoms with van der Waals surface area (Å²) >= 11 is 8.76. The van der Waals surface area contributed by atoms with Crippen LogP contribution in [0.2, 0.25) is 5.02 Å². The van der Waals surface area contributed by atoms with Gasteiger partial charge in [-0.3, -0.25) is 29.8 Å². The zero-order valence-corrected chi connectivity index (χ0v) is 19.2. The van der Waals surface area contributed by atoms with Gasteiger partial charge in [0.05, 0.1) is 26.4 Å². The SMILES string of the molecule is O=C(CSc1ccc(Cl)c(SCC(=O)c2ccc([N+](=O)[O-])cc2)c1)c1ccc([N+](=O)[O-])cc1.